The van der Waals surface area contributed by atoms with Gasteiger partial charge >= 0.3 is 11.9 Å². The number of esters is 2. The van der Waals surface area contributed by atoms with Crippen molar-refractivity contribution in [2.75, 3.05) is 62.4 Å². The molecule has 2 N–H and O–H groups in total. The minimum absolute atomic E-state index is 0.185. The average molecular weight is 690 g/mol. The first-order chi connectivity index (χ1) is 23.4. The highest BCUT2D eigenvalue weighted by Gasteiger charge is 2.90. The third-order valence-corrected chi connectivity index (χ3v) is 13.7. The van der Waals surface area contributed by atoms with Crippen LogP contribution in [0.5, 0.6) is 11.5 Å². The van der Waals surface area contributed by atoms with E-state index in [1.807, 2.05) is 0 Å². The summed E-state index contributed by atoms with van der Waals surface area (Å²) in [6, 6.07) is 4.56. The summed E-state index contributed by atoms with van der Waals surface area (Å²) in [5, 5.41) is 24.9. The van der Waals surface area contributed by atoms with Crippen LogP contribution in [0, 0.1) is 34.5 Å². The largest absolute Gasteiger partial charge is 0.493 e. The third kappa shape index (κ3) is 4.24. The summed E-state index contributed by atoms with van der Waals surface area (Å²) in [5.74, 6) is -2.07. The molecule has 5 aliphatic carbocycles. The van der Waals surface area contributed by atoms with Crippen LogP contribution >= 0.6 is 0 Å². The quantitative estimate of drug-likeness (QED) is 0.325. The van der Waals surface area contributed by atoms with Gasteiger partial charge in [-0.1, -0.05) is 6.92 Å². The van der Waals surface area contributed by atoms with Gasteiger partial charge in [-0.05, 0) is 37.1 Å². The lowest BCUT2D eigenvalue weighted by Crippen LogP contribution is -2.79. The van der Waals surface area contributed by atoms with Gasteiger partial charge in [0.2, 0.25) is 0 Å². The van der Waals surface area contributed by atoms with Crippen molar-refractivity contribution in [2.45, 2.75) is 80.9 Å². The second kappa shape index (κ2) is 12.0. The number of hydrogen-bond donors (Lipinski definition) is 2. The number of piperidine rings is 1. The van der Waals surface area contributed by atoms with Crippen LogP contribution in [0.2, 0.25) is 0 Å². The second-order valence-electron chi connectivity index (χ2n) is 15.1. The van der Waals surface area contributed by atoms with Gasteiger partial charge in [-0.25, -0.2) is 4.79 Å². The van der Waals surface area contributed by atoms with Crippen LogP contribution < -0.4 is 9.47 Å². The molecule has 49 heavy (non-hydrogen) atoms. The van der Waals surface area contributed by atoms with Crippen LogP contribution in [0.1, 0.15) is 43.5 Å². The molecule has 1 aromatic rings. The van der Waals surface area contributed by atoms with E-state index in [1.165, 1.54) is 28.3 Å². The predicted molar refractivity (Wildman–Crippen MR) is 172 cm³/mol. The SMILES string of the molecule is CCN1C[C@@]2(COC)[C@H]3[C@H](OC)[C@H]4[C@@H]1[C@]3([C@H](OC)C[C@@H]2O)[C@H]1C[C@]2(O)[C@H](OC(=O)c3ccc(OC)c(OC)c3)[C@H]1[C@@]4(OC(C)=O)C[C@H]2OC. The Bertz CT molecular complexity index is 1480. The van der Waals surface area contributed by atoms with Crippen molar-refractivity contribution in [3.05, 3.63) is 23.8 Å². The Kier molecular flexibility index (Phi) is 8.57. The maximum Gasteiger partial charge on any atom is 0.338 e. The van der Waals surface area contributed by atoms with E-state index in [1.54, 1.807) is 39.5 Å². The Balaban J connectivity index is 1.46. The molecule has 1 heterocycles. The van der Waals surface area contributed by atoms with E-state index < -0.39 is 76.3 Å². The lowest BCUT2D eigenvalue weighted by atomic mass is 9.42. The van der Waals surface area contributed by atoms with Gasteiger partial charge in [0.05, 0.1) is 50.8 Å². The van der Waals surface area contributed by atoms with Gasteiger partial charge in [0.15, 0.2) is 11.5 Å². The smallest absolute Gasteiger partial charge is 0.338 e. The van der Waals surface area contributed by atoms with Gasteiger partial charge in [0.25, 0.3) is 0 Å². The number of nitrogens with zero attached hydrogens (tertiary/aromatic N) is 1. The van der Waals surface area contributed by atoms with Crippen LogP contribution in [0.25, 0.3) is 0 Å². The summed E-state index contributed by atoms with van der Waals surface area (Å²) in [4.78, 5) is 29.8. The number of methoxy groups -OCH3 is 6. The molecular weight excluding hydrogens is 638 g/mol. The lowest BCUT2D eigenvalue weighted by Gasteiger charge is -2.70. The number of carbonyl (C=O) groups excluding carboxylic acids is 2. The molecule has 6 fully saturated rings. The molecule has 0 radical (unpaired) electrons. The maximum atomic E-state index is 14.1. The van der Waals surface area contributed by atoms with Gasteiger partial charge in [0, 0.05) is 89.4 Å². The summed E-state index contributed by atoms with van der Waals surface area (Å²) in [6.45, 7) is 4.99. The van der Waals surface area contributed by atoms with Crippen molar-refractivity contribution in [3.63, 3.8) is 0 Å². The van der Waals surface area contributed by atoms with Crippen molar-refractivity contribution < 1.29 is 57.7 Å². The van der Waals surface area contributed by atoms with Crippen LogP contribution in [-0.4, -0.2) is 137 Å². The number of carbonyl (C=O) groups is 2. The lowest BCUT2D eigenvalue weighted by molar-refractivity contribution is -0.300. The minimum atomic E-state index is -1.62. The molecular formula is C36H51NO12. The summed E-state index contributed by atoms with van der Waals surface area (Å²) in [7, 11) is 9.53. The van der Waals surface area contributed by atoms with Crippen molar-refractivity contribution >= 4 is 11.9 Å². The Morgan fingerprint density at radius 2 is 1.67 bits per heavy atom. The second-order valence-corrected chi connectivity index (χ2v) is 15.1. The van der Waals surface area contributed by atoms with E-state index in [4.69, 9.17) is 37.9 Å². The number of aliphatic hydroxyl groups excluding tert-OH is 1. The molecule has 13 heteroatoms. The number of likely N-dealkylation sites (tertiary alicyclic amines) is 1. The van der Waals surface area contributed by atoms with E-state index in [0.29, 0.717) is 31.0 Å². The number of benzene rings is 1. The Morgan fingerprint density at radius 1 is 0.959 bits per heavy atom. The molecule has 0 unspecified atom stereocenters. The molecule has 5 saturated carbocycles. The van der Waals surface area contributed by atoms with Gasteiger partial charge < -0.3 is 48.1 Å². The minimum Gasteiger partial charge on any atom is -0.493 e. The molecule has 272 valence electrons. The molecule has 14 atom stereocenters. The average Bonchev–Trinajstić information content (AvgIpc) is 3.46. The molecule has 7 bridgehead atoms. The molecule has 7 rings (SSSR count). The fourth-order valence-corrected chi connectivity index (χ4v) is 12.6. The first-order valence-corrected chi connectivity index (χ1v) is 17.3. The molecule has 0 amide bonds. The van der Waals surface area contributed by atoms with Gasteiger partial charge in [-0.15, -0.1) is 0 Å². The monoisotopic (exact) mass is 689 g/mol. The van der Waals surface area contributed by atoms with Gasteiger partial charge in [-0.3, -0.25) is 9.69 Å². The molecule has 13 nitrogen and oxygen atoms in total. The van der Waals surface area contributed by atoms with Gasteiger partial charge in [0.1, 0.15) is 17.3 Å². The van der Waals surface area contributed by atoms with E-state index in [0.717, 1.165) is 0 Å². The zero-order valence-corrected chi connectivity index (χ0v) is 29.7. The van der Waals surface area contributed by atoms with Crippen LogP contribution in [-0.2, 0) is 33.2 Å². The third-order valence-electron chi connectivity index (χ3n) is 13.7. The van der Waals surface area contributed by atoms with Gasteiger partial charge in [-0.2, -0.15) is 0 Å². The standard InChI is InChI=1S/C36H51NO12/c1-9-37-16-33(17-42-3)23(39)13-24(45-6)36-20-14-34(41)25(46-7)15-35(49-18(2)38,27(30(36)37)28(47-8)29(33)36)26(20)31(34)48-32(40)19-10-11-21(43-4)22(12-19)44-5/h10-12,20,23-31,39,41H,9,13-17H2,1-8H3/t20-,23-,24+,25+,26-,27-,28+,29+,30+,31+,33-,34+,35-,36-/m0/s1. The molecule has 1 aliphatic heterocycles. The topological polar surface area (TPSA) is 152 Å². The first-order valence-electron chi connectivity index (χ1n) is 17.3. The van der Waals surface area contributed by atoms with E-state index in [9.17, 15) is 19.8 Å². The molecule has 1 aromatic carbocycles. The highest BCUT2D eigenvalue weighted by atomic mass is 16.6. The fourth-order valence-electron chi connectivity index (χ4n) is 12.6. The number of hydrogen-bond acceptors (Lipinski definition) is 13. The summed E-state index contributed by atoms with van der Waals surface area (Å²) < 4.78 is 48.9. The predicted octanol–water partition coefficient (Wildman–Crippen LogP) is 1.69. The van der Waals surface area contributed by atoms with Crippen molar-refractivity contribution in [3.8, 4) is 11.5 Å². The van der Waals surface area contributed by atoms with E-state index in [-0.39, 0.29) is 42.9 Å². The first kappa shape index (κ1) is 34.9. The number of rotatable bonds is 11. The Labute approximate surface area is 287 Å². The van der Waals surface area contributed by atoms with Crippen molar-refractivity contribution in [1.82, 2.24) is 4.90 Å². The number of aliphatic hydroxyl groups is 2. The normalized spacial score (nSPS) is 45.9. The highest BCUT2D eigenvalue weighted by molar-refractivity contribution is 5.90. The molecule has 0 aromatic heterocycles. The van der Waals surface area contributed by atoms with E-state index >= 15 is 0 Å². The fraction of sp³-hybridized carbons (Fsp3) is 0.778. The zero-order chi connectivity index (χ0) is 35.3. The summed E-state index contributed by atoms with van der Waals surface area (Å²) >= 11 is 0. The highest BCUT2D eigenvalue weighted by Crippen LogP contribution is 2.80. The summed E-state index contributed by atoms with van der Waals surface area (Å²) in [6.07, 6.45) is -2.89. The number of fused-ring (bicyclic) bond motifs is 2. The Hall–Kier alpha value is -2.52. The van der Waals surface area contributed by atoms with Crippen LogP contribution in [0.15, 0.2) is 18.2 Å². The molecule has 6 aliphatic rings. The van der Waals surface area contributed by atoms with Crippen molar-refractivity contribution in [1.29, 1.82) is 0 Å². The van der Waals surface area contributed by atoms with Crippen LogP contribution in [0.3, 0.4) is 0 Å². The molecule has 1 saturated heterocycles. The Morgan fingerprint density at radius 3 is 2.27 bits per heavy atom. The molecule has 1 spiro atoms. The van der Waals surface area contributed by atoms with Crippen LogP contribution in [0.4, 0.5) is 0 Å². The maximum absolute atomic E-state index is 14.1. The zero-order valence-electron chi connectivity index (χ0n) is 29.7. The number of ether oxygens (including phenoxy) is 8. The van der Waals surface area contributed by atoms with Crippen molar-refractivity contribution in [2.24, 2.45) is 34.5 Å². The summed E-state index contributed by atoms with van der Waals surface area (Å²) in [5.41, 5.74) is -4.09. The van der Waals surface area contributed by atoms with E-state index in [2.05, 4.69) is 11.8 Å².